The summed E-state index contributed by atoms with van der Waals surface area (Å²) in [6.07, 6.45) is 3.95. The molecule has 2 aliphatic rings. The average molecular weight is 364 g/mol. The molecule has 0 aromatic heterocycles. The topological polar surface area (TPSA) is 66.8 Å². The fourth-order valence-electron chi connectivity index (χ4n) is 3.82. The monoisotopic (exact) mass is 363 g/mol. The van der Waals surface area contributed by atoms with E-state index in [9.17, 15) is 14.7 Å². The van der Waals surface area contributed by atoms with Gasteiger partial charge in [-0.3, -0.25) is 4.90 Å². The minimum atomic E-state index is -1.02. The molecule has 1 aromatic rings. The van der Waals surface area contributed by atoms with Crippen LogP contribution < -0.4 is 4.90 Å². The molecule has 3 rings (SSSR count). The van der Waals surface area contributed by atoms with Crippen molar-refractivity contribution in [2.45, 2.75) is 51.7 Å². The first-order valence-corrected chi connectivity index (χ1v) is 8.69. The quantitative estimate of drug-likeness (QED) is 0.745. The lowest BCUT2D eigenvalue weighted by Gasteiger charge is -2.43. The molecule has 0 bridgehead atoms. The highest BCUT2D eigenvalue weighted by Gasteiger charge is 2.49. The highest BCUT2D eigenvalue weighted by Crippen LogP contribution is 2.49. The number of carboxylic acids is 1. The predicted molar refractivity (Wildman–Crippen MR) is 96.3 cm³/mol. The van der Waals surface area contributed by atoms with Crippen LogP contribution in [0.25, 0.3) is 0 Å². The third-order valence-corrected chi connectivity index (χ3v) is 4.85. The van der Waals surface area contributed by atoms with E-state index in [1.54, 1.807) is 26.8 Å². The summed E-state index contributed by atoms with van der Waals surface area (Å²) in [6, 6.07) is 2.60. The van der Waals surface area contributed by atoms with Gasteiger partial charge < -0.3 is 9.84 Å². The molecular formula is C19H22ClNO4. The van der Waals surface area contributed by atoms with Crippen LogP contribution in [-0.2, 0) is 9.53 Å². The maximum absolute atomic E-state index is 12.9. The molecule has 1 aromatic carbocycles. The van der Waals surface area contributed by atoms with Crippen LogP contribution in [0.5, 0.6) is 0 Å². The number of halogens is 1. The van der Waals surface area contributed by atoms with Gasteiger partial charge in [0.1, 0.15) is 11.6 Å². The zero-order valence-electron chi connectivity index (χ0n) is 14.7. The molecule has 134 valence electrons. The number of allylic oxidation sites excluding steroid dienone is 2. The fraction of sp³-hybridized carbons (Fsp3) is 0.474. The van der Waals surface area contributed by atoms with Crippen molar-refractivity contribution in [2.24, 2.45) is 5.92 Å². The van der Waals surface area contributed by atoms with E-state index in [0.717, 1.165) is 11.1 Å². The van der Waals surface area contributed by atoms with Gasteiger partial charge >= 0.3 is 12.1 Å². The third kappa shape index (κ3) is 3.13. The zero-order valence-corrected chi connectivity index (χ0v) is 15.5. The summed E-state index contributed by atoms with van der Waals surface area (Å²) in [7, 11) is 0. The summed E-state index contributed by atoms with van der Waals surface area (Å²) < 4.78 is 5.52. The summed E-state index contributed by atoms with van der Waals surface area (Å²) in [5, 5.41) is 10.4. The van der Waals surface area contributed by atoms with Crippen molar-refractivity contribution in [3.63, 3.8) is 0 Å². The molecule has 1 heterocycles. The molecule has 5 nitrogen and oxygen atoms in total. The molecule has 0 saturated heterocycles. The molecule has 25 heavy (non-hydrogen) atoms. The second-order valence-electron chi connectivity index (χ2n) is 7.65. The van der Waals surface area contributed by atoms with Gasteiger partial charge in [-0.15, -0.1) is 0 Å². The molecule has 1 aliphatic heterocycles. The highest BCUT2D eigenvalue weighted by atomic mass is 35.5. The van der Waals surface area contributed by atoms with E-state index in [-0.39, 0.29) is 11.8 Å². The largest absolute Gasteiger partial charge is 0.480 e. The molecule has 1 amide bonds. The first-order chi connectivity index (χ1) is 11.6. The number of anilines is 1. The molecule has 1 N–H and O–H groups in total. The number of aliphatic carboxylic acids is 1. The van der Waals surface area contributed by atoms with Gasteiger partial charge in [0, 0.05) is 16.9 Å². The van der Waals surface area contributed by atoms with E-state index >= 15 is 0 Å². The second kappa shape index (κ2) is 6.06. The highest BCUT2D eigenvalue weighted by molar-refractivity contribution is 6.31. The van der Waals surface area contributed by atoms with Crippen molar-refractivity contribution in [2.75, 3.05) is 4.90 Å². The molecule has 6 heteroatoms. The molecule has 0 fully saturated rings. The lowest BCUT2D eigenvalue weighted by Crippen LogP contribution is -2.54. The Balaban J connectivity index is 2.19. The molecule has 1 aliphatic carbocycles. The number of nitrogens with zero attached hydrogens (tertiary/aromatic N) is 1. The van der Waals surface area contributed by atoms with Gasteiger partial charge in [-0.25, -0.2) is 9.59 Å². The summed E-state index contributed by atoms with van der Waals surface area (Å²) in [6.45, 7) is 7.13. The normalized spacial score (nSPS) is 24.7. The Labute approximate surface area is 152 Å². The first kappa shape index (κ1) is 17.8. The van der Waals surface area contributed by atoms with Crippen LogP contribution in [-0.4, -0.2) is 28.8 Å². The van der Waals surface area contributed by atoms with Gasteiger partial charge in [-0.05, 0) is 57.4 Å². The fourth-order valence-corrected chi connectivity index (χ4v) is 4.10. The van der Waals surface area contributed by atoms with E-state index in [1.807, 2.05) is 25.1 Å². The SMILES string of the molecule is Cc1cc(Cl)cc2c1N(C(=O)OC(C)(C)C)[C@H](C(=O)O)[C@@H]1CC=C[C@H]21. The predicted octanol–water partition coefficient (Wildman–Crippen LogP) is 4.52. The lowest BCUT2D eigenvalue weighted by atomic mass is 9.77. The van der Waals surface area contributed by atoms with E-state index in [0.29, 0.717) is 17.1 Å². The number of hydrogen-bond donors (Lipinski definition) is 1. The molecule has 0 saturated carbocycles. The Morgan fingerprint density at radius 1 is 1.32 bits per heavy atom. The Hall–Kier alpha value is -2.01. The molecule has 0 radical (unpaired) electrons. The summed E-state index contributed by atoms with van der Waals surface area (Å²) in [5.74, 6) is -1.31. The van der Waals surface area contributed by atoms with Crippen molar-refractivity contribution in [3.05, 3.63) is 40.4 Å². The van der Waals surface area contributed by atoms with Crippen molar-refractivity contribution >= 4 is 29.4 Å². The number of aryl methyl sites for hydroxylation is 1. The summed E-state index contributed by atoms with van der Waals surface area (Å²) in [5.41, 5.74) is 1.52. The van der Waals surface area contributed by atoms with Gasteiger partial charge in [-0.2, -0.15) is 0 Å². The first-order valence-electron chi connectivity index (χ1n) is 8.32. The lowest BCUT2D eigenvalue weighted by molar-refractivity contribution is -0.140. The van der Waals surface area contributed by atoms with Crippen molar-refractivity contribution in [3.8, 4) is 0 Å². The molecular weight excluding hydrogens is 342 g/mol. The van der Waals surface area contributed by atoms with E-state index < -0.39 is 23.7 Å². The Morgan fingerprint density at radius 2 is 2.00 bits per heavy atom. The maximum atomic E-state index is 12.9. The van der Waals surface area contributed by atoms with Gasteiger partial charge in [0.15, 0.2) is 0 Å². The number of rotatable bonds is 1. The van der Waals surface area contributed by atoms with Gasteiger partial charge in [0.05, 0.1) is 5.69 Å². The summed E-state index contributed by atoms with van der Waals surface area (Å²) in [4.78, 5) is 26.3. The van der Waals surface area contributed by atoms with E-state index in [1.165, 1.54) is 4.90 Å². The second-order valence-corrected chi connectivity index (χ2v) is 8.08. The van der Waals surface area contributed by atoms with Crippen LogP contribution in [0.15, 0.2) is 24.3 Å². The maximum Gasteiger partial charge on any atom is 0.415 e. The van der Waals surface area contributed by atoms with Crippen LogP contribution in [0.1, 0.15) is 44.2 Å². The Kier molecular flexibility index (Phi) is 4.31. The third-order valence-electron chi connectivity index (χ3n) is 4.63. The van der Waals surface area contributed by atoms with Crippen molar-refractivity contribution in [1.29, 1.82) is 0 Å². The number of carbonyl (C=O) groups is 2. The van der Waals surface area contributed by atoms with Gasteiger partial charge in [-0.1, -0.05) is 23.8 Å². The van der Waals surface area contributed by atoms with E-state index in [2.05, 4.69) is 0 Å². The zero-order chi connectivity index (χ0) is 18.5. The number of fused-ring (bicyclic) bond motifs is 3. The number of carbonyl (C=O) groups excluding carboxylic acids is 1. The van der Waals surface area contributed by atoms with E-state index in [4.69, 9.17) is 16.3 Å². The number of ether oxygens (including phenoxy) is 1. The summed E-state index contributed by atoms with van der Waals surface area (Å²) >= 11 is 6.23. The van der Waals surface area contributed by atoms with Gasteiger partial charge in [0.2, 0.25) is 0 Å². The Morgan fingerprint density at radius 3 is 2.60 bits per heavy atom. The number of amides is 1. The molecule has 0 spiro atoms. The number of carboxylic acid groups (broad SMARTS) is 1. The van der Waals surface area contributed by atoms with Gasteiger partial charge in [0.25, 0.3) is 0 Å². The number of benzene rings is 1. The van der Waals surface area contributed by atoms with Crippen molar-refractivity contribution < 1.29 is 19.4 Å². The van der Waals surface area contributed by atoms with Crippen molar-refractivity contribution in [1.82, 2.24) is 0 Å². The van der Waals surface area contributed by atoms with Crippen LogP contribution >= 0.6 is 11.6 Å². The molecule has 3 atom stereocenters. The average Bonchev–Trinajstić information content (AvgIpc) is 2.92. The molecule has 0 unspecified atom stereocenters. The standard InChI is InChI=1S/C19H22ClNO4/c1-10-8-11(20)9-14-12-6-5-7-13(12)16(17(22)23)21(15(10)14)18(24)25-19(2,3)4/h5-6,8-9,12-13,16H,7H2,1-4H3,(H,22,23)/t12-,13+,16-/m0/s1. The van der Waals surface area contributed by atoms with Crippen LogP contribution in [0.4, 0.5) is 10.5 Å². The van der Waals surface area contributed by atoms with Crippen LogP contribution in [0.3, 0.4) is 0 Å². The van der Waals surface area contributed by atoms with Crippen LogP contribution in [0, 0.1) is 12.8 Å². The van der Waals surface area contributed by atoms with Crippen LogP contribution in [0.2, 0.25) is 5.02 Å². The Bertz CT molecular complexity index is 765. The minimum Gasteiger partial charge on any atom is -0.480 e. The number of hydrogen-bond acceptors (Lipinski definition) is 3. The minimum absolute atomic E-state index is 0.0628. The smallest absolute Gasteiger partial charge is 0.415 e.